The molecule has 0 fully saturated rings. The molecule has 1 N–H and O–H groups in total. The standard InChI is InChI=1S/C14H24N2O2S2/c1-5-12-6-7-14(10-13(12)11-15-2)20(17,18)16(3)8-9-19-4/h6-7,10,15H,5,8-9,11H2,1-4H3. The first-order valence-electron chi connectivity index (χ1n) is 6.69. The van der Waals surface area contributed by atoms with E-state index in [4.69, 9.17) is 0 Å². The van der Waals surface area contributed by atoms with Crippen molar-refractivity contribution in [3.05, 3.63) is 29.3 Å². The summed E-state index contributed by atoms with van der Waals surface area (Å²) in [6, 6.07) is 5.42. The predicted octanol–water partition coefficient (Wildman–Crippen LogP) is 1.95. The van der Waals surface area contributed by atoms with Gasteiger partial charge in [-0.3, -0.25) is 0 Å². The first-order chi connectivity index (χ1) is 9.47. The Morgan fingerprint density at radius 3 is 2.55 bits per heavy atom. The highest BCUT2D eigenvalue weighted by atomic mass is 32.2. The Morgan fingerprint density at radius 1 is 1.30 bits per heavy atom. The molecule has 4 nitrogen and oxygen atoms in total. The van der Waals surface area contributed by atoms with Gasteiger partial charge in [-0.2, -0.15) is 11.8 Å². The van der Waals surface area contributed by atoms with Crippen LogP contribution in [0.15, 0.2) is 23.1 Å². The van der Waals surface area contributed by atoms with Gasteiger partial charge < -0.3 is 5.32 Å². The van der Waals surface area contributed by atoms with E-state index in [1.807, 2.05) is 19.4 Å². The van der Waals surface area contributed by atoms with E-state index in [2.05, 4.69) is 12.2 Å². The smallest absolute Gasteiger partial charge is 0.242 e. The van der Waals surface area contributed by atoms with E-state index >= 15 is 0 Å². The number of hydrogen-bond donors (Lipinski definition) is 1. The lowest BCUT2D eigenvalue weighted by Crippen LogP contribution is -2.29. The van der Waals surface area contributed by atoms with E-state index < -0.39 is 10.0 Å². The third-order valence-corrected chi connectivity index (χ3v) is 5.69. The lowest BCUT2D eigenvalue weighted by molar-refractivity contribution is 0.488. The van der Waals surface area contributed by atoms with Gasteiger partial charge in [-0.15, -0.1) is 0 Å². The van der Waals surface area contributed by atoms with Gasteiger partial charge in [0.15, 0.2) is 0 Å². The molecule has 0 aromatic heterocycles. The van der Waals surface area contributed by atoms with E-state index in [-0.39, 0.29) is 0 Å². The maximum Gasteiger partial charge on any atom is 0.242 e. The number of hydrogen-bond acceptors (Lipinski definition) is 4. The second kappa shape index (κ2) is 8.02. The minimum Gasteiger partial charge on any atom is -0.316 e. The number of benzene rings is 1. The van der Waals surface area contributed by atoms with Gasteiger partial charge in [0.1, 0.15) is 0 Å². The molecular formula is C14H24N2O2S2. The molecule has 1 aromatic carbocycles. The zero-order valence-electron chi connectivity index (χ0n) is 12.6. The summed E-state index contributed by atoms with van der Waals surface area (Å²) in [6.45, 7) is 3.29. The lowest BCUT2D eigenvalue weighted by atomic mass is 10.1. The topological polar surface area (TPSA) is 49.4 Å². The SMILES string of the molecule is CCc1ccc(S(=O)(=O)N(C)CCSC)cc1CNC. The van der Waals surface area contributed by atoms with Crippen LogP contribution in [-0.2, 0) is 23.0 Å². The highest BCUT2D eigenvalue weighted by Crippen LogP contribution is 2.20. The minimum absolute atomic E-state index is 0.378. The molecule has 6 heteroatoms. The molecule has 0 aliphatic rings. The fraction of sp³-hybridized carbons (Fsp3) is 0.571. The van der Waals surface area contributed by atoms with Crippen molar-refractivity contribution in [1.82, 2.24) is 9.62 Å². The summed E-state index contributed by atoms with van der Waals surface area (Å²) in [4.78, 5) is 0.378. The second-order valence-electron chi connectivity index (χ2n) is 4.63. The molecule has 1 rings (SSSR count). The van der Waals surface area contributed by atoms with Gasteiger partial charge in [0.2, 0.25) is 10.0 Å². The monoisotopic (exact) mass is 316 g/mol. The fourth-order valence-electron chi connectivity index (χ4n) is 1.98. The zero-order valence-corrected chi connectivity index (χ0v) is 14.3. The Balaban J connectivity index is 3.09. The molecule has 0 radical (unpaired) electrons. The Hall–Kier alpha value is -0.560. The van der Waals surface area contributed by atoms with Crippen molar-refractivity contribution in [3.8, 4) is 0 Å². The van der Waals surface area contributed by atoms with Crippen molar-refractivity contribution in [2.45, 2.75) is 24.8 Å². The number of sulfonamides is 1. The summed E-state index contributed by atoms with van der Waals surface area (Å²) in [5.41, 5.74) is 2.24. The second-order valence-corrected chi connectivity index (χ2v) is 7.66. The van der Waals surface area contributed by atoms with Crippen molar-refractivity contribution in [3.63, 3.8) is 0 Å². The van der Waals surface area contributed by atoms with Crippen molar-refractivity contribution in [2.24, 2.45) is 0 Å². The van der Waals surface area contributed by atoms with Gasteiger partial charge in [0.25, 0.3) is 0 Å². The molecule has 0 amide bonds. The fourth-order valence-corrected chi connectivity index (χ4v) is 3.78. The normalized spacial score (nSPS) is 12.1. The van der Waals surface area contributed by atoms with Crippen LogP contribution in [0.5, 0.6) is 0 Å². The number of nitrogens with zero attached hydrogens (tertiary/aromatic N) is 1. The van der Waals surface area contributed by atoms with Gasteiger partial charge in [0.05, 0.1) is 4.90 Å². The van der Waals surface area contributed by atoms with Crippen molar-refractivity contribution >= 4 is 21.8 Å². The summed E-state index contributed by atoms with van der Waals surface area (Å²) in [6.07, 6.45) is 2.88. The molecule has 1 aromatic rings. The summed E-state index contributed by atoms with van der Waals surface area (Å²) < 4.78 is 26.4. The van der Waals surface area contributed by atoms with Crippen LogP contribution < -0.4 is 5.32 Å². The largest absolute Gasteiger partial charge is 0.316 e. The summed E-state index contributed by atoms with van der Waals surface area (Å²) in [7, 11) is 0.117. The third-order valence-electron chi connectivity index (χ3n) is 3.24. The molecule has 0 atom stereocenters. The molecule has 0 bridgehead atoms. The average Bonchev–Trinajstić information content (AvgIpc) is 2.44. The van der Waals surface area contributed by atoms with Crippen LogP contribution in [0.4, 0.5) is 0 Å². The van der Waals surface area contributed by atoms with Crippen LogP contribution in [0.1, 0.15) is 18.1 Å². The lowest BCUT2D eigenvalue weighted by Gasteiger charge is -2.18. The molecule has 0 aliphatic heterocycles. The zero-order chi connectivity index (χ0) is 15.2. The van der Waals surface area contributed by atoms with Gasteiger partial charge >= 0.3 is 0 Å². The molecule has 0 heterocycles. The molecule has 0 spiro atoms. The summed E-state index contributed by atoms with van der Waals surface area (Å²) in [5, 5.41) is 3.09. The Kier molecular flexibility index (Phi) is 7.02. The third kappa shape index (κ3) is 4.22. The van der Waals surface area contributed by atoms with Crippen LogP contribution in [-0.4, -0.2) is 45.4 Å². The predicted molar refractivity (Wildman–Crippen MR) is 86.8 cm³/mol. The van der Waals surface area contributed by atoms with Gasteiger partial charge in [-0.25, -0.2) is 12.7 Å². The summed E-state index contributed by atoms with van der Waals surface area (Å²) in [5.74, 6) is 0.798. The first-order valence-corrected chi connectivity index (χ1v) is 9.52. The van der Waals surface area contributed by atoms with E-state index in [0.29, 0.717) is 18.0 Å². The van der Waals surface area contributed by atoms with E-state index in [0.717, 1.165) is 17.7 Å². The molecule has 20 heavy (non-hydrogen) atoms. The van der Waals surface area contributed by atoms with Gasteiger partial charge in [-0.05, 0) is 43.0 Å². The van der Waals surface area contributed by atoms with Gasteiger partial charge in [-0.1, -0.05) is 13.0 Å². The molecule has 0 saturated heterocycles. The quantitative estimate of drug-likeness (QED) is 0.796. The van der Waals surface area contributed by atoms with Gasteiger partial charge in [0, 0.05) is 25.9 Å². The minimum atomic E-state index is -3.38. The number of nitrogens with one attached hydrogen (secondary N) is 1. The summed E-state index contributed by atoms with van der Waals surface area (Å²) >= 11 is 1.64. The highest BCUT2D eigenvalue weighted by molar-refractivity contribution is 7.98. The van der Waals surface area contributed by atoms with Crippen LogP contribution in [0, 0.1) is 0 Å². The van der Waals surface area contributed by atoms with Crippen LogP contribution in [0.3, 0.4) is 0 Å². The number of rotatable bonds is 8. The maximum absolute atomic E-state index is 12.5. The molecule has 0 aliphatic carbocycles. The van der Waals surface area contributed by atoms with Crippen LogP contribution >= 0.6 is 11.8 Å². The molecule has 114 valence electrons. The van der Waals surface area contributed by atoms with E-state index in [1.54, 1.807) is 30.9 Å². The van der Waals surface area contributed by atoms with Crippen molar-refractivity contribution < 1.29 is 8.42 Å². The molecule has 0 unspecified atom stereocenters. The number of thioether (sulfide) groups is 1. The Morgan fingerprint density at radius 2 is 2.00 bits per heavy atom. The van der Waals surface area contributed by atoms with E-state index in [1.165, 1.54) is 9.87 Å². The van der Waals surface area contributed by atoms with Crippen molar-refractivity contribution in [1.29, 1.82) is 0 Å². The highest BCUT2D eigenvalue weighted by Gasteiger charge is 2.21. The Bertz CT molecular complexity index is 530. The van der Waals surface area contributed by atoms with Crippen LogP contribution in [0.25, 0.3) is 0 Å². The molecular weight excluding hydrogens is 292 g/mol. The van der Waals surface area contributed by atoms with Crippen LogP contribution in [0.2, 0.25) is 0 Å². The maximum atomic E-state index is 12.5. The van der Waals surface area contributed by atoms with E-state index in [9.17, 15) is 8.42 Å². The van der Waals surface area contributed by atoms with Crippen molar-refractivity contribution in [2.75, 3.05) is 32.6 Å². The molecule has 0 saturated carbocycles. The average molecular weight is 316 g/mol. The number of aryl methyl sites for hydroxylation is 1. The first kappa shape index (κ1) is 17.5. The Labute approximate surface area is 127 Å².